The lowest BCUT2D eigenvalue weighted by Gasteiger charge is -2.11. The molecule has 1 aliphatic rings. The van der Waals surface area contributed by atoms with Gasteiger partial charge in [-0.25, -0.2) is 0 Å². The Balaban J connectivity index is 2.31. The Kier molecular flexibility index (Phi) is 3.16. The number of hydrogen-bond donors (Lipinski definition) is 0. The highest BCUT2D eigenvalue weighted by Gasteiger charge is 2.22. The van der Waals surface area contributed by atoms with E-state index in [1.54, 1.807) is 5.92 Å². The second-order valence-electron chi connectivity index (χ2n) is 3.94. The molecule has 1 atom stereocenters. The maximum Gasteiger partial charge on any atom is -0.0175 e. The van der Waals surface area contributed by atoms with E-state index in [1.807, 2.05) is 0 Å². The summed E-state index contributed by atoms with van der Waals surface area (Å²) in [6.45, 7) is 6.72. The molecule has 1 radical (unpaired) electrons. The normalized spacial score (nSPS) is 25.5. The summed E-state index contributed by atoms with van der Waals surface area (Å²) in [5.41, 5.74) is 1.46. The standard InChI is InChI=1S/C11H19/c1-9(2)7-8-11-6-4-5-10(11)3/h7,10H,4-6,8H2,1-3H3. The van der Waals surface area contributed by atoms with Crippen LogP contribution in [0.3, 0.4) is 0 Å². The molecule has 0 aromatic heterocycles. The molecule has 1 fully saturated rings. The van der Waals surface area contributed by atoms with E-state index >= 15 is 0 Å². The second-order valence-corrected chi connectivity index (χ2v) is 3.94. The summed E-state index contributed by atoms with van der Waals surface area (Å²) >= 11 is 0. The molecule has 0 saturated heterocycles. The van der Waals surface area contributed by atoms with Gasteiger partial charge in [0.25, 0.3) is 0 Å². The van der Waals surface area contributed by atoms with E-state index in [9.17, 15) is 0 Å². The van der Waals surface area contributed by atoms with Crippen molar-refractivity contribution < 1.29 is 0 Å². The SMILES string of the molecule is CC(C)=CC[C]1CCCC1C. The van der Waals surface area contributed by atoms with Crippen molar-refractivity contribution in [3.63, 3.8) is 0 Å². The molecule has 0 aliphatic heterocycles. The number of allylic oxidation sites excluding steroid dienone is 2. The van der Waals surface area contributed by atoms with Crippen molar-refractivity contribution in [3.8, 4) is 0 Å². The molecule has 0 nitrogen and oxygen atoms in total. The fraction of sp³-hybridized carbons (Fsp3) is 0.727. The third kappa shape index (κ3) is 2.69. The van der Waals surface area contributed by atoms with Crippen LogP contribution in [0.15, 0.2) is 11.6 Å². The minimum Gasteiger partial charge on any atom is -0.0853 e. The van der Waals surface area contributed by atoms with Gasteiger partial charge in [0.15, 0.2) is 0 Å². The fourth-order valence-corrected chi connectivity index (χ4v) is 1.72. The van der Waals surface area contributed by atoms with Crippen LogP contribution in [-0.2, 0) is 0 Å². The Bertz CT molecular complexity index is 140. The predicted molar refractivity (Wildman–Crippen MR) is 50.3 cm³/mol. The Morgan fingerprint density at radius 3 is 2.73 bits per heavy atom. The zero-order valence-corrected chi connectivity index (χ0v) is 7.98. The van der Waals surface area contributed by atoms with Crippen molar-refractivity contribution in [3.05, 3.63) is 17.6 Å². The minimum atomic E-state index is 0.894. The van der Waals surface area contributed by atoms with Crippen LogP contribution in [0.5, 0.6) is 0 Å². The summed E-state index contributed by atoms with van der Waals surface area (Å²) in [5.74, 6) is 2.66. The highest BCUT2D eigenvalue weighted by atomic mass is 14.3. The van der Waals surface area contributed by atoms with Crippen LogP contribution in [0.4, 0.5) is 0 Å². The van der Waals surface area contributed by atoms with Crippen molar-refractivity contribution in [2.45, 2.75) is 46.5 Å². The van der Waals surface area contributed by atoms with E-state index in [4.69, 9.17) is 0 Å². The molecule has 11 heavy (non-hydrogen) atoms. The highest BCUT2D eigenvalue weighted by molar-refractivity contribution is 5.07. The van der Waals surface area contributed by atoms with Crippen molar-refractivity contribution >= 4 is 0 Å². The van der Waals surface area contributed by atoms with Gasteiger partial charge in [-0.15, -0.1) is 0 Å². The number of rotatable bonds is 2. The molecule has 0 spiro atoms. The van der Waals surface area contributed by atoms with Crippen LogP contribution in [0.2, 0.25) is 0 Å². The van der Waals surface area contributed by atoms with Gasteiger partial charge in [-0.1, -0.05) is 31.4 Å². The van der Waals surface area contributed by atoms with E-state index in [0.717, 1.165) is 5.92 Å². The molecule has 0 bridgehead atoms. The van der Waals surface area contributed by atoms with Gasteiger partial charge in [-0.05, 0) is 38.5 Å². The third-order valence-corrected chi connectivity index (χ3v) is 2.60. The van der Waals surface area contributed by atoms with Crippen molar-refractivity contribution in [1.82, 2.24) is 0 Å². The first-order chi connectivity index (χ1) is 5.20. The van der Waals surface area contributed by atoms with E-state index in [2.05, 4.69) is 26.8 Å². The minimum absolute atomic E-state index is 0.894. The van der Waals surface area contributed by atoms with Crippen LogP contribution in [0.1, 0.15) is 46.5 Å². The zero-order chi connectivity index (χ0) is 8.27. The van der Waals surface area contributed by atoms with Gasteiger partial charge in [-0.3, -0.25) is 0 Å². The van der Waals surface area contributed by atoms with Gasteiger partial charge < -0.3 is 0 Å². The number of hydrogen-bond acceptors (Lipinski definition) is 0. The Labute approximate surface area is 70.7 Å². The van der Waals surface area contributed by atoms with Crippen LogP contribution in [-0.4, -0.2) is 0 Å². The van der Waals surface area contributed by atoms with Gasteiger partial charge in [0.05, 0.1) is 0 Å². The van der Waals surface area contributed by atoms with E-state index in [-0.39, 0.29) is 0 Å². The highest BCUT2D eigenvalue weighted by Crippen LogP contribution is 2.35. The maximum atomic E-state index is 2.36. The first-order valence-electron chi connectivity index (χ1n) is 4.68. The molecule has 0 aromatic rings. The molecule has 0 heteroatoms. The van der Waals surface area contributed by atoms with Crippen molar-refractivity contribution in [1.29, 1.82) is 0 Å². The molecular weight excluding hydrogens is 132 g/mol. The van der Waals surface area contributed by atoms with E-state index < -0.39 is 0 Å². The molecule has 0 N–H and O–H groups in total. The largest absolute Gasteiger partial charge is 0.0853 e. The molecule has 0 heterocycles. The quantitative estimate of drug-likeness (QED) is 0.527. The first-order valence-corrected chi connectivity index (χ1v) is 4.68. The Hall–Kier alpha value is -0.260. The van der Waals surface area contributed by atoms with E-state index in [1.165, 1.54) is 31.3 Å². The van der Waals surface area contributed by atoms with Gasteiger partial charge in [0.2, 0.25) is 0 Å². The van der Waals surface area contributed by atoms with Gasteiger partial charge >= 0.3 is 0 Å². The molecule has 1 rings (SSSR count). The fourth-order valence-electron chi connectivity index (χ4n) is 1.72. The molecule has 0 aromatic carbocycles. The average Bonchev–Trinajstić information content (AvgIpc) is 2.31. The van der Waals surface area contributed by atoms with E-state index in [0.29, 0.717) is 0 Å². The maximum absolute atomic E-state index is 2.36. The Morgan fingerprint density at radius 1 is 1.55 bits per heavy atom. The Morgan fingerprint density at radius 2 is 2.27 bits per heavy atom. The van der Waals surface area contributed by atoms with Crippen LogP contribution >= 0.6 is 0 Å². The third-order valence-electron chi connectivity index (χ3n) is 2.60. The lowest BCUT2D eigenvalue weighted by molar-refractivity contribution is 0.625. The smallest absolute Gasteiger partial charge is 0.0175 e. The summed E-state index contributed by atoms with van der Waals surface area (Å²) in [4.78, 5) is 0. The first kappa shape index (κ1) is 8.83. The molecule has 1 saturated carbocycles. The summed E-state index contributed by atoms with van der Waals surface area (Å²) in [6.07, 6.45) is 7.82. The van der Waals surface area contributed by atoms with Crippen LogP contribution in [0.25, 0.3) is 0 Å². The molecule has 1 unspecified atom stereocenters. The molecule has 63 valence electrons. The lowest BCUT2D eigenvalue weighted by Crippen LogP contribution is -1.99. The summed E-state index contributed by atoms with van der Waals surface area (Å²) < 4.78 is 0. The molecule has 0 amide bonds. The monoisotopic (exact) mass is 151 g/mol. The second kappa shape index (κ2) is 3.94. The zero-order valence-electron chi connectivity index (χ0n) is 7.98. The van der Waals surface area contributed by atoms with Gasteiger partial charge in [-0.2, -0.15) is 0 Å². The predicted octanol–water partition coefficient (Wildman–Crippen LogP) is 3.74. The van der Waals surface area contributed by atoms with Gasteiger partial charge in [0.1, 0.15) is 0 Å². The van der Waals surface area contributed by atoms with Gasteiger partial charge in [0, 0.05) is 0 Å². The summed E-state index contributed by atoms with van der Waals surface area (Å²) in [7, 11) is 0. The lowest BCUT2D eigenvalue weighted by atomic mass is 9.94. The molecule has 1 aliphatic carbocycles. The topological polar surface area (TPSA) is 0 Å². The van der Waals surface area contributed by atoms with Crippen molar-refractivity contribution in [2.24, 2.45) is 5.92 Å². The summed E-state index contributed by atoms with van der Waals surface area (Å²) in [5, 5.41) is 0. The average molecular weight is 151 g/mol. The summed E-state index contributed by atoms with van der Waals surface area (Å²) in [6, 6.07) is 0. The van der Waals surface area contributed by atoms with Crippen molar-refractivity contribution in [2.75, 3.05) is 0 Å². The van der Waals surface area contributed by atoms with Crippen LogP contribution in [0, 0.1) is 11.8 Å². The molecular formula is C11H19. The van der Waals surface area contributed by atoms with Crippen LogP contribution < -0.4 is 0 Å².